The van der Waals surface area contributed by atoms with E-state index in [1.807, 2.05) is 35.2 Å². The number of para-hydroxylation sites is 1. The zero-order chi connectivity index (χ0) is 17.2. The Morgan fingerprint density at radius 3 is 2.88 bits per heavy atom. The molecule has 0 radical (unpaired) electrons. The van der Waals surface area contributed by atoms with Gasteiger partial charge in [-0.25, -0.2) is 13.1 Å². The Bertz CT molecular complexity index is 795. The molecule has 0 spiro atoms. The second kappa shape index (κ2) is 6.94. The van der Waals surface area contributed by atoms with Crippen LogP contribution in [0, 0.1) is 0 Å². The number of hydrogen-bond donors (Lipinski definition) is 2. The molecule has 1 aromatic heterocycles. The van der Waals surface area contributed by atoms with Crippen LogP contribution in [0.2, 0.25) is 0 Å². The van der Waals surface area contributed by atoms with Gasteiger partial charge in [0.25, 0.3) is 5.91 Å². The topological polar surface area (TPSA) is 82.3 Å². The predicted octanol–water partition coefficient (Wildman–Crippen LogP) is 2.10. The molecule has 7 heteroatoms. The molecule has 6 nitrogen and oxygen atoms in total. The van der Waals surface area contributed by atoms with Crippen LogP contribution in [0.3, 0.4) is 0 Å². The van der Waals surface area contributed by atoms with Gasteiger partial charge in [-0.3, -0.25) is 4.79 Å². The molecule has 0 bridgehead atoms. The highest BCUT2D eigenvalue weighted by Crippen LogP contribution is 2.23. The van der Waals surface area contributed by atoms with E-state index < -0.39 is 10.0 Å². The van der Waals surface area contributed by atoms with Gasteiger partial charge in [-0.2, -0.15) is 0 Å². The summed E-state index contributed by atoms with van der Waals surface area (Å²) in [4.78, 5) is 18.0. The highest BCUT2D eigenvalue weighted by molar-refractivity contribution is 7.88. The van der Waals surface area contributed by atoms with Gasteiger partial charge in [-0.05, 0) is 37.8 Å². The number of piperidine rings is 1. The Morgan fingerprint density at radius 2 is 2.12 bits per heavy atom. The zero-order valence-electron chi connectivity index (χ0n) is 13.8. The Hall–Kier alpha value is -1.86. The van der Waals surface area contributed by atoms with Gasteiger partial charge in [0.05, 0.1) is 6.26 Å². The van der Waals surface area contributed by atoms with E-state index in [1.54, 1.807) is 0 Å². The number of fused-ring (bicyclic) bond motifs is 1. The maximum Gasteiger partial charge on any atom is 0.270 e. The van der Waals surface area contributed by atoms with Gasteiger partial charge in [-0.15, -0.1) is 0 Å². The van der Waals surface area contributed by atoms with Crippen molar-refractivity contribution in [1.29, 1.82) is 0 Å². The lowest BCUT2D eigenvalue weighted by Gasteiger charge is -2.35. The van der Waals surface area contributed by atoms with Crippen molar-refractivity contribution in [2.45, 2.75) is 31.7 Å². The molecule has 0 saturated carbocycles. The third kappa shape index (κ3) is 3.96. The van der Waals surface area contributed by atoms with E-state index in [4.69, 9.17) is 0 Å². The van der Waals surface area contributed by atoms with Crippen molar-refractivity contribution in [2.75, 3.05) is 19.3 Å². The number of sulfonamides is 1. The summed E-state index contributed by atoms with van der Waals surface area (Å²) in [6.07, 6.45) is 4.76. The highest BCUT2D eigenvalue weighted by Gasteiger charge is 2.28. The van der Waals surface area contributed by atoms with Crippen LogP contribution in [0.4, 0.5) is 0 Å². The molecule has 0 aliphatic carbocycles. The number of amides is 1. The molecule has 0 unspecified atom stereocenters. The zero-order valence-corrected chi connectivity index (χ0v) is 14.6. The summed E-state index contributed by atoms with van der Waals surface area (Å²) in [7, 11) is -3.19. The standard InChI is InChI=1S/C17H23N3O3S/c1-24(22,23)18-10-9-14-7-4-5-11-20(14)17(21)16-12-13-6-2-3-8-15(13)19-16/h2-3,6,8,12,14,18-19H,4-5,7,9-11H2,1H3/t14-/m1/s1. The van der Waals surface area contributed by atoms with Crippen LogP contribution in [-0.2, 0) is 10.0 Å². The monoisotopic (exact) mass is 349 g/mol. The number of carbonyl (C=O) groups is 1. The van der Waals surface area contributed by atoms with Crippen molar-refractivity contribution in [1.82, 2.24) is 14.6 Å². The summed E-state index contributed by atoms with van der Waals surface area (Å²) in [5.41, 5.74) is 1.55. The van der Waals surface area contributed by atoms with Gasteiger partial charge in [0.15, 0.2) is 0 Å². The van der Waals surface area contributed by atoms with Crippen molar-refractivity contribution < 1.29 is 13.2 Å². The van der Waals surface area contributed by atoms with Gasteiger partial charge in [0.1, 0.15) is 5.69 Å². The van der Waals surface area contributed by atoms with Gasteiger partial charge in [0, 0.05) is 30.0 Å². The Morgan fingerprint density at radius 1 is 1.33 bits per heavy atom. The average Bonchev–Trinajstić information content (AvgIpc) is 2.97. The lowest BCUT2D eigenvalue weighted by atomic mass is 9.99. The van der Waals surface area contributed by atoms with Crippen molar-refractivity contribution in [3.8, 4) is 0 Å². The predicted molar refractivity (Wildman–Crippen MR) is 94.4 cm³/mol. The second-order valence-corrected chi connectivity index (χ2v) is 8.21. The molecule has 1 atom stereocenters. The fourth-order valence-electron chi connectivity index (χ4n) is 3.32. The molecule has 1 amide bonds. The van der Waals surface area contributed by atoms with Crippen molar-refractivity contribution in [3.63, 3.8) is 0 Å². The lowest BCUT2D eigenvalue weighted by molar-refractivity contribution is 0.0599. The van der Waals surface area contributed by atoms with Crippen LogP contribution >= 0.6 is 0 Å². The van der Waals surface area contributed by atoms with Gasteiger partial charge in [-0.1, -0.05) is 18.2 Å². The summed E-state index contributed by atoms with van der Waals surface area (Å²) < 4.78 is 24.9. The minimum absolute atomic E-state index is 0.00439. The van der Waals surface area contributed by atoms with E-state index in [1.165, 1.54) is 0 Å². The van der Waals surface area contributed by atoms with Crippen LogP contribution in [0.25, 0.3) is 10.9 Å². The first-order valence-electron chi connectivity index (χ1n) is 8.27. The average molecular weight is 349 g/mol. The number of nitrogens with one attached hydrogen (secondary N) is 2. The number of hydrogen-bond acceptors (Lipinski definition) is 3. The van der Waals surface area contributed by atoms with Crippen LogP contribution < -0.4 is 4.72 Å². The molecular weight excluding hydrogens is 326 g/mol. The van der Waals surface area contributed by atoms with Gasteiger partial charge in [0.2, 0.25) is 10.0 Å². The van der Waals surface area contributed by atoms with Crippen molar-refractivity contribution >= 4 is 26.8 Å². The molecule has 3 rings (SSSR count). The third-order valence-corrected chi connectivity index (χ3v) is 5.22. The molecule has 130 valence electrons. The number of nitrogens with zero attached hydrogens (tertiary/aromatic N) is 1. The van der Waals surface area contributed by atoms with E-state index in [0.717, 1.165) is 43.0 Å². The van der Waals surface area contributed by atoms with Crippen LogP contribution in [0.5, 0.6) is 0 Å². The first-order chi connectivity index (χ1) is 11.4. The molecule has 1 fully saturated rings. The number of benzene rings is 1. The fraction of sp³-hybridized carbons (Fsp3) is 0.471. The first kappa shape index (κ1) is 17.0. The molecule has 1 saturated heterocycles. The number of H-pyrrole nitrogens is 1. The van der Waals surface area contributed by atoms with Gasteiger partial charge < -0.3 is 9.88 Å². The maximum atomic E-state index is 12.9. The molecule has 1 aliphatic heterocycles. The summed E-state index contributed by atoms with van der Waals surface area (Å²) in [5, 5.41) is 1.02. The number of aromatic amines is 1. The van der Waals surface area contributed by atoms with E-state index in [9.17, 15) is 13.2 Å². The summed E-state index contributed by atoms with van der Waals surface area (Å²) in [6.45, 7) is 1.08. The minimum Gasteiger partial charge on any atom is -0.351 e. The molecule has 2 heterocycles. The molecule has 24 heavy (non-hydrogen) atoms. The van der Waals surface area contributed by atoms with Crippen molar-refractivity contribution in [2.24, 2.45) is 0 Å². The highest BCUT2D eigenvalue weighted by atomic mass is 32.2. The second-order valence-electron chi connectivity index (χ2n) is 6.37. The van der Waals surface area contributed by atoms with Crippen LogP contribution in [0.1, 0.15) is 36.2 Å². The molecule has 1 aromatic carbocycles. The molecule has 1 aliphatic rings. The number of likely N-dealkylation sites (tertiary alicyclic amines) is 1. The Balaban J connectivity index is 1.73. The Kier molecular flexibility index (Phi) is 4.91. The normalized spacial score (nSPS) is 18.9. The first-order valence-corrected chi connectivity index (χ1v) is 10.2. The van der Waals surface area contributed by atoms with Crippen molar-refractivity contribution in [3.05, 3.63) is 36.0 Å². The van der Waals surface area contributed by atoms with Crippen LogP contribution in [0.15, 0.2) is 30.3 Å². The summed E-state index contributed by atoms with van der Waals surface area (Å²) in [6, 6.07) is 9.78. The SMILES string of the molecule is CS(=O)(=O)NCC[C@H]1CCCCN1C(=O)c1cc2ccccc2[nH]1. The summed E-state index contributed by atoms with van der Waals surface area (Å²) in [5.74, 6) is -0.00439. The van der Waals surface area contributed by atoms with E-state index in [-0.39, 0.29) is 11.9 Å². The number of carbonyl (C=O) groups excluding carboxylic acids is 1. The molecule has 2 N–H and O–H groups in total. The Labute approximate surface area is 142 Å². The maximum absolute atomic E-state index is 12.9. The number of aromatic nitrogens is 1. The minimum atomic E-state index is -3.19. The molecule has 2 aromatic rings. The fourth-order valence-corrected chi connectivity index (χ4v) is 3.81. The quantitative estimate of drug-likeness (QED) is 0.867. The van der Waals surface area contributed by atoms with Gasteiger partial charge >= 0.3 is 0 Å². The van der Waals surface area contributed by atoms with Crippen LogP contribution in [-0.4, -0.2) is 49.6 Å². The lowest BCUT2D eigenvalue weighted by Crippen LogP contribution is -2.45. The smallest absolute Gasteiger partial charge is 0.270 e. The van der Waals surface area contributed by atoms with E-state index >= 15 is 0 Å². The van der Waals surface area contributed by atoms with E-state index in [0.29, 0.717) is 18.7 Å². The van der Waals surface area contributed by atoms with E-state index in [2.05, 4.69) is 9.71 Å². The molecular formula is C17H23N3O3S. The number of rotatable bonds is 5. The third-order valence-electron chi connectivity index (χ3n) is 4.49. The summed E-state index contributed by atoms with van der Waals surface area (Å²) >= 11 is 0. The largest absolute Gasteiger partial charge is 0.351 e.